The molecule has 0 aromatic heterocycles. The molecule has 22 heavy (non-hydrogen) atoms. The molecule has 5 heteroatoms. The van der Waals surface area contributed by atoms with Crippen LogP contribution in [-0.4, -0.2) is 67.5 Å². The molecule has 1 aromatic carbocycles. The minimum atomic E-state index is 0.236. The molecule has 1 amide bonds. The van der Waals surface area contributed by atoms with Crippen molar-refractivity contribution in [2.24, 2.45) is 0 Å². The summed E-state index contributed by atoms with van der Waals surface area (Å²) >= 11 is 1.96. The highest BCUT2D eigenvalue weighted by atomic mass is 32.2. The number of amides is 1. The summed E-state index contributed by atoms with van der Waals surface area (Å²) in [6.07, 6.45) is 1.56. The lowest BCUT2D eigenvalue weighted by atomic mass is 10.1. The molecule has 1 aliphatic rings. The number of rotatable bonds is 5. The van der Waals surface area contributed by atoms with E-state index in [0.29, 0.717) is 12.5 Å². The Morgan fingerprint density at radius 2 is 2.09 bits per heavy atom. The lowest BCUT2D eigenvalue weighted by Gasteiger charge is -2.31. The zero-order valence-corrected chi connectivity index (χ0v) is 14.6. The van der Waals surface area contributed by atoms with Gasteiger partial charge in [0.25, 0.3) is 0 Å². The molecule has 1 aliphatic heterocycles. The fourth-order valence-electron chi connectivity index (χ4n) is 2.75. The molecule has 0 spiro atoms. The van der Waals surface area contributed by atoms with Crippen molar-refractivity contribution in [3.05, 3.63) is 29.8 Å². The highest BCUT2D eigenvalue weighted by molar-refractivity contribution is 7.99. The SMILES string of the molecule is COc1ccc(CC(=O)N2CCCSCC2CN(C)C)cc1. The van der Waals surface area contributed by atoms with Gasteiger partial charge in [0, 0.05) is 18.8 Å². The maximum Gasteiger partial charge on any atom is 0.227 e. The van der Waals surface area contributed by atoms with E-state index in [1.165, 1.54) is 0 Å². The number of nitrogens with zero attached hydrogens (tertiary/aromatic N) is 2. The Kier molecular flexibility index (Phi) is 6.58. The van der Waals surface area contributed by atoms with Crippen LogP contribution in [0.1, 0.15) is 12.0 Å². The highest BCUT2D eigenvalue weighted by Crippen LogP contribution is 2.19. The topological polar surface area (TPSA) is 32.8 Å². The van der Waals surface area contributed by atoms with Gasteiger partial charge in [0.05, 0.1) is 19.6 Å². The van der Waals surface area contributed by atoms with E-state index < -0.39 is 0 Å². The number of hydrogen-bond donors (Lipinski definition) is 0. The number of likely N-dealkylation sites (N-methyl/N-ethyl adjacent to an activating group) is 1. The largest absolute Gasteiger partial charge is 0.497 e. The van der Waals surface area contributed by atoms with Crippen molar-refractivity contribution in [3.8, 4) is 5.75 Å². The van der Waals surface area contributed by atoms with Gasteiger partial charge in [-0.3, -0.25) is 4.79 Å². The predicted octanol–water partition coefficient (Wildman–Crippen LogP) is 2.13. The zero-order chi connectivity index (χ0) is 15.9. The molecule has 0 radical (unpaired) electrons. The second-order valence-corrected chi connectivity index (χ2v) is 7.11. The molecule has 1 aromatic rings. The number of methoxy groups -OCH3 is 1. The Morgan fingerprint density at radius 1 is 1.36 bits per heavy atom. The van der Waals surface area contributed by atoms with Gasteiger partial charge in [-0.2, -0.15) is 11.8 Å². The summed E-state index contributed by atoms with van der Waals surface area (Å²) < 4.78 is 5.16. The monoisotopic (exact) mass is 322 g/mol. The lowest BCUT2D eigenvalue weighted by Crippen LogP contribution is -2.47. The Morgan fingerprint density at radius 3 is 2.73 bits per heavy atom. The summed E-state index contributed by atoms with van der Waals surface area (Å²) in [5.74, 6) is 3.25. The molecule has 0 bridgehead atoms. The van der Waals surface area contributed by atoms with E-state index in [2.05, 4.69) is 23.9 Å². The molecule has 0 aliphatic carbocycles. The normalized spacial score (nSPS) is 19.1. The van der Waals surface area contributed by atoms with Crippen LogP contribution in [0, 0.1) is 0 Å². The van der Waals surface area contributed by atoms with Gasteiger partial charge in [0.15, 0.2) is 0 Å². The summed E-state index contributed by atoms with van der Waals surface area (Å²) in [5, 5.41) is 0. The van der Waals surface area contributed by atoms with Crippen LogP contribution in [-0.2, 0) is 11.2 Å². The molecule has 1 unspecified atom stereocenters. The second kappa shape index (κ2) is 8.44. The first-order valence-corrected chi connectivity index (χ1v) is 8.90. The number of hydrogen-bond acceptors (Lipinski definition) is 4. The Balaban J connectivity index is 2.03. The van der Waals surface area contributed by atoms with Gasteiger partial charge in [-0.1, -0.05) is 12.1 Å². The summed E-state index contributed by atoms with van der Waals surface area (Å²) in [5.41, 5.74) is 1.05. The van der Waals surface area contributed by atoms with Gasteiger partial charge >= 0.3 is 0 Å². The fraction of sp³-hybridized carbons (Fsp3) is 0.588. The Hall–Kier alpha value is -1.20. The number of ether oxygens (including phenoxy) is 1. The Labute approximate surface area is 137 Å². The van der Waals surface area contributed by atoms with E-state index in [9.17, 15) is 4.79 Å². The first-order chi connectivity index (χ1) is 10.6. The van der Waals surface area contributed by atoms with E-state index >= 15 is 0 Å². The lowest BCUT2D eigenvalue weighted by molar-refractivity contribution is -0.132. The number of carbonyl (C=O) groups is 1. The van der Waals surface area contributed by atoms with Crippen LogP contribution in [0.25, 0.3) is 0 Å². The summed E-state index contributed by atoms with van der Waals surface area (Å²) in [6.45, 7) is 1.81. The van der Waals surface area contributed by atoms with Crippen LogP contribution in [0.4, 0.5) is 0 Å². The molecular weight excluding hydrogens is 296 g/mol. The maximum atomic E-state index is 12.7. The van der Waals surface area contributed by atoms with E-state index in [0.717, 1.165) is 42.3 Å². The molecule has 0 N–H and O–H groups in total. The summed E-state index contributed by atoms with van der Waals surface area (Å²) in [6, 6.07) is 8.10. The van der Waals surface area contributed by atoms with Crippen molar-refractivity contribution in [1.29, 1.82) is 0 Å². The standard InChI is InChI=1S/C17H26N2O2S/c1-18(2)12-15-13-22-10-4-9-19(15)17(20)11-14-5-7-16(21-3)8-6-14/h5-8,15H,4,9-13H2,1-3H3. The molecule has 4 nitrogen and oxygen atoms in total. The highest BCUT2D eigenvalue weighted by Gasteiger charge is 2.26. The van der Waals surface area contributed by atoms with Crippen LogP contribution in [0.2, 0.25) is 0 Å². The smallest absolute Gasteiger partial charge is 0.227 e. The van der Waals surface area contributed by atoms with Gasteiger partial charge in [-0.05, 0) is 44.0 Å². The predicted molar refractivity (Wildman–Crippen MR) is 92.7 cm³/mol. The third-order valence-corrected chi connectivity index (χ3v) is 5.05. The van der Waals surface area contributed by atoms with Gasteiger partial charge in [0.1, 0.15) is 5.75 Å². The number of thioether (sulfide) groups is 1. The molecule has 1 saturated heterocycles. The third-order valence-electron chi connectivity index (χ3n) is 3.85. The first kappa shape index (κ1) is 17.2. The van der Waals surface area contributed by atoms with Crippen molar-refractivity contribution in [3.63, 3.8) is 0 Å². The number of carbonyl (C=O) groups excluding carboxylic acids is 1. The van der Waals surface area contributed by atoms with Gasteiger partial charge < -0.3 is 14.5 Å². The van der Waals surface area contributed by atoms with E-state index in [4.69, 9.17) is 4.74 Å². The molecule has 1 heterocycles. The van der Waals surface area contributed by atoms with Crippen LogP contribution < -0.4 is 4.74 Å². The summed E-state index contributed by atoms with van der Waals surface area (Å²) in [7, 11) is 5.80. The Bertz CT molecular complexity index is 476. The average molecular weight is 322 g/mol. The molecular formula is C17H26N2O2S. The first-order valence-electron chi connectivity index (χ1n) is 7.75. The van der Waals surface area contributed by atoms with Gasteiger partial charge in [-0.25, -0.2) is 0 Å². The van der Waals surface area contributed by atoms with Crippen molar-refractivity contribution in [2.45, 2.75) is 18.9 Å². The van der Waals surface area contributed by atoms with E-state index in [-0.39, 0.29) is 5.91 Å². The van der Waals surface area contributed by atoms with Crippen molar-refractivity contribution >= 4 is 17.7 Å². The van der Waals surface area contributed by atoms with E-state index in [1.54, 1.807) is 7.11 Å². The van der Waals surface area contributed by atoms with Crippen molar-refractivity contribution in [2.75, 3.05) is 45.8 Å². The average Bonchev–Trinajstić information content (AvgIpc) is 2.73. The van der Waals surface area contributed by atoms with Crippen molar-refractivity contribution < 1.29 is 9.53 Å². The molecule has 2 rings (SSSR count). The quantitative estimate of drug-likeness (QED) is 0.831. The zero-order valence-electron chi connectivity index (χ0n) is 13.7. The van der Waals surface area contributed by atoms with Crippen molar-refractivity contribution in [1.82, 2.24) is 9.80 Å². The minimum absolute atomic E-state index is 0.236. The third kappa shape index (κ3) is 4.92. The van der Waals surface area contributed by atoms with Crippen LogP contribution >= 0.6 is 11.8 Å². The number of benzene rings is 1. The van der Waals surface area contributed by atoms with Gasteiger partial charge in [-0.15, -0.1) is 0 Å². The molecule has 122 valence electrons. The molecule has 1 fully saturated rings. The minimum Gasteiger partial charge on any atom is -0.497 e. The summed E-state index contributed by atoms with van der Waals surface area (Å²) in [4.78, 5) is 17.0. The van der Waals surface area contributed by atoms with Crippen LogP contribution in [0.3, 0.4) is 0 Å². The van der Waals surface area contributed by atoms with Crippen LogP contribution in [0.5, 0.6) is 5.75 Å². The molecule has 0 saturated carbocycles. The molecule has 1 atom stereocenters. The maximum absolute atomic E-state index is 12.7. The van der Waals surface area contributed by atoms with E-state index in [1.807, 2.05) is 36.0 Å². The van der Waals surface area contributed by atoms with Gasteiger partial charge in [0.2, 0.25) is 5.91 Å². The van der Waals surface area contributed by atoms with Crippen LogP contribution in [0.15, 0.2) is 24.3 Å². The fourth-order valence-corrected chi connectivity index (χ4v) is 3.81. The second-order valence-electron chi connectivity index (χ2n) is 5.96.